The van der Waals surface area contributed by atoms with E-state index < -0.39 is 0 Å². The van der Waals surface area contributed by atoms with E-state index in [4.69, 9.17) is 4.98 Å². The van der Waals surface area contributed by atoms with Crippen LogP contribution in [0.3, 0.4) is 0 Å². The molecule has 0 saturated heterocycles. The zero-order chi connectivity index (χ0) is 18.3. The first kappa shape index (κ1) is 16.3. The van der Waals surface area contributed by atoms with Gasteiger partial charge in [-0.2, -0.15) is 0 Å². The Morgan fingerprint density at radius 3 is 2.38 bits per heavy atom. The lowest BCUT2D eigenvalue weighted by atomic mass is 10.1. The number of hydrogen-bond donors (Lipinski definition) is 1. The maximum absolute atomic E-state index is 4.92. The minimum atomic E-state index is 0.912. The maximum atomic E-state index is 4.92. The first-order valence-electron chi connectivity index (χ1n) is 8.78. The number of imidazole rings is 1. The maximum Gasteiger partial charge on any atom is 0.143 e. The highest BCUT2D eigenvalue weighted by Gasteiger charge is 2.17. The molecular formula is C22H22N4. The molecule has 3 heterocycles. The van der Waals surface area contributed by atoms with Gasteiger partial charge in [0.05, 0.1) is 0 Å². The standard InChI is InChI=1S/C22H22N4/c1-14-11-17(4)26-19(12-14)24-21(18-9-6-10-23-13-18)22(26)25-20-15(2)7-5-8-16(20)3/h5-13,25H,1-4H3. The van der Waals surface area contributed by atoms with Gasteiger partial charge < -0.3 is 5.32 Å². The molecule has 1 N–H and O–H groups in total. The van der Waals surface area contributed by atoms with Crippen molar-refractivity contribution in [3.05, 3.63) is 77.2 Å². The van der Waals surface area contributed by atoms with Gasteiger partial charge >= 0.3 is 0 Å². The molecule has 0 aliphatic heterocycles. The Morgan fingerprint density at radius 1 is 0.923 bits per heavy atom. The van der Waals surface area contributed by atoms with Gasteiger partial charge in [-0.05, 0) is 68.7 Å². The third-order valence-corrected chi connectivity index (χ3v) is 4.71. The summed E-state index contributed by atoms with van der Waals surface area (Å²) in [7, 11) is 0. The first-order chi connectivity index (χ1) is 12.5. The molecule has 0 unspecified atom stereocenters. The van der Waals surface area contributed by atoms with E-state index in [9.17, 15) is 0 Å². The summed E-state index contributed by atoms with van der Waals surface area (Å²) in [4.78, 5) is 9.20. The normalized spacial score (nSPS) is 11.1. The number of aromatic nitrogens is 3. The second-order valence-electron chi connectivity index (χ2n) is 6.81. The molecule has 0 bridgehead atoms. The van der Waals surface area contributed by atoms with Gasteiger partial charge in [0.2, 0.25) is 0 Å². The third-order valence-electron chi connectivity index (χ3n) is 4.71. The number of aryl methyl sites for hydroxylation is 4. The molecule has 4 heteroatoms. The molecule has 0 saturated carbocycles. The van der Waals surface area contributed by atoms with E-state index in [1.54, 1.807) is 6.20 Å². The summed E-state index contributed by atoms with van der Waals surface area (Å²) in [5.41, 5.74) is 8.75. The smallest absolute Gasteiger partial charge is 0.143 e. The van der Waals surface area contributed by atoms with Crippen LogP contribution in [-0.4, -0.2) is 14.4 Å². The third kappa shape index (κ3) is 2.73. The van der Waals surface area contributed by atoms with Crippen LogP contribution in [0.2, 0.25) is 0 Å². The van der Waals surface area contributed by atoms with Crippen LogP contribution in [0, 0.1) is 27.7 Å². The van der Waals surface area contributed by atoms with E-state index >= 15 is 0 Å². The average Bonchev–Trinajstić information content (AvgIpc) is 2.97. The number of fused-ring (bicyclic) bond motifs is 1. The Bertz CT molecular complexity index is 1070. The second-order valence-corrected chi connectivity index (χ2v) is 6.81. The van der Waals surface area contributed by atoms with E-state index in [0.29, 0.717) is 0 Å². The molecule has 0 aliphatic rings. The molecule has 0 atom stereocenters. The van der Waals surface area contributed by atoms with E-state index in [-0.39, 0.29) is 0 Å². The topological polar surface area (TPSA) is 42.2 Å². The Morgan fingerprint density at radius 2 is 1.69 bits per heavy atom. The molecule has 3 aromatic heterocycles. The van der Waals surface area contributed by atoms with E-state index in [1.165, 1.54) is 16.7 Å². The fraction of sp³-hybridized carbons (Fsp3) is 0.182. The van der Waals surface area contributed by atoms with Gasteiger partial charge in [0.1, 0.15) is 17.2 Å². The number of anilines is 2. The highest BCUT2D eigenvalue weighted by molar-refractivity contribution is 5.81. The molecule has 4 rings (SSSR count). The van der Waals surface area contributed by atoms with Gasteiger partial charge in [-0.1, -0.05) is 18.2 Å². The van der Waals surface area contributed by atoms with Crippen LogP contribution in [0.15, 0.2) is 54.9 Å². The number of nitrogens with zero attached hydrogens (tertiary/aromatic N) is 3. The van der Waals surface area contributed by atoms with E-state index in [1.807, 2.05) is 18.3 Å². The second kappa shape index (κ2) is 6.30. The van der Waals surface area contributed by atoms with Gasteiger partial charge in [0.25, 0.3) is 0 Å². The Labute approximate surface area is 153 Å². The SMILES string of the molecule is Cc1cc(C)n2c(Nc3c(C)cccc3C)c(-c3cccnc3)nc2c1. The van der Waals surface area contributed by atoms with Crippen LogP contribution in [0.5, 0.6) is 0 Å². The Kier molecular flexibility index (Phi) is 3.96. The lowest BCUT2D eigenvalue weighted by Gasteiger charge is -2.15. The van der Waals surface area contributed by atoms with E-state index in [2.05, 4.69) is 72.7 Å². The highest BCUT2D eigenvalue weighted by Crippen LogP contribution is 2.34. The van der Waals surface area contributed by atoms with Crippen molar-refractivity contribution >= 4 is 17.2 Å². The van der Waals surface area contributed by atoms with Crippen LogP contribution in [-0.2, 0) is 0 Å². The van der Waals surface area contributed by atoms with Crippen LogP contribution < -0.4 is 5.32 Å². The van der Waals surface area contributed by atoms with Crippen molar-refractivity contribution in [2.45, 2.75) is 27.7 Å². The molecule has 26 heavy (non-hydrogen) atoms. The van der Waals surface area contributed by atoms with Crippen molar-refractivity contribution in [2.75, 3.05) is 5.32 Å². The average molecular weight is 342 g/mol. The summed E-state index contributed by atoms with van der Waals surface area (Å²) in [5.74, 6) is 0.975. The number of hydrogen-bond acceptors (Lipinski definition) is 3. The van der Waals surface area contributed by atoms with Gasteiger partial charge in [-0.3, -0.25) is 9.38 Å². The van der Waals surface area contributed by atoms with Crippen LogP contribution in [0.25, 0.3) is 16.9 Å². The number of para-hydroxylation sites is 1. The number of rotatable bonds is 3. The first-order valence-corrected chi connectivity index (χ1v) is 8.78. The predicted molar refractivity (Wildman–Crippen MR) is 107 cm³/mol. The van der Waals surface area contributed by atoms with Crippen molar-refractivity contribution in [2.24, 2.45) is 0 Å². The Balaban J connectivity index is 2.00. The van der Waals surface area contributed by atoms with Crippen LogP contribution in [0.4, 0.5) is 11.5 Å². The molecule has 0 fully saturated rings. The summed E-state index contributed by atoms with van der Waals surface area (Å²) in [5, 5.41) is 3.66. The molecule has 0 aliphatic carbocycles. The predicted octanol–water partition coefficient (Wildman–Crippen LogP) is 5.37. The molecule has 0 amide bonds. The van der Waals surface area contributed by atoms with Gasteiger partial charge in [-0.15, -0.1) is 0 Å². The molecule has 4 nitrogen and oxygen atoms in total. The number of pyridine rings is 2. The molecule has 1 aromatic carbocycles. The van der Waals surface area contributed by atoms with Crippen molar-refractivity contribution in [3.63, 3.8) is 0 Å². The van der Waals surface area contributed by atoms with Gasteiger partial charge in [-0.25, -0.2) is 4.98 Å². The Hall–Kier alpha value is -3.14. The van der Waals surface area contributed by atoms with Gasteiger partial charge in [0.15, 0.2) is 0 Å². The lowest BCUT2D eigenvalue weighted by Crippen LogP contribution is -2.02. The minimum absolute atomic E-state index is 0.912. The summed E-state index contributed by atoms with van der Waals surface area (Å²) in [6.45, 7) is 8.47. The summed E-state index contributed by atoms with van der Waals surface area (Å²) in [6, 6.07) is 14.6. The fourth-order valence-corrected chi connectivity index (χ4v) is 3.48. The summed E-state index contributed by atoms with van der Waals surface area (Å²) < 4.78 is 2.18. The molecule has 0 radical (unpaired) electrons. The summed E-state index contributed by atoms with van der Waals surface area (Å²) in [6.07, 6.45) is 3.65. The molecule has 0 spiro atoms. The molecule has 4 aromatic rings. The monoisotopic (exact) mass is 342 g/mol. The minimum Gasteiger partial charge on any atom is -0.339 e. The molecular weight excluding hydrogens is 320 g/mol. The van der Waals surface area contributed by atoms with Crippen molar-refractivity contribution in [1.82, 2.24) is 14.4 Å². The van der Waals surface area contributed by atoms with Crippen LogP contribution >= 0.6 is 0 Å². The number of benzene rings is 1. The fourth-order valence-electron chi connectivity index (χ4n) is 3.48. The van der Waals surface area contributed by atoms with Crippen molar-refractivity contribution < 1.29 is 0 Å². The molecule has 130 valence electrons. The lowest BCUT2D eigenvalue weighted by molar-refractivity contribution is 1.08. The largest absolute Gasteiger partial charge is 0.339 e. The van der Waals surface area contributed by atoms with E-state index in [0.717, 1.165) is 34.1 Å². The quantitative estimate of drug-likeness (QED) is 0.544. The van der Waals surface area contributed by atoms with Crippen molar-refractivity contribution in [3.8, 4) is 11.3 Å². The zero-order valence-corrected chi connectivity index (χ0v) is 15.5. The van der Waals surface area contributed by atoms with Gasteiger partial charge in [0, 0.05) is 29.3 Å². The highest BCUT2D eigenvalue weighted by atomic mass is 15.1. The zero-order valence-electron chi connectivity index (χ0n) is 15.5. The van der Waals surface area contributed by atoms with Crippen molar-refractivity contribution in [1.29, 1.82) is 0 Å². The number of nitrogens with one attached hydrogen (secondary N) is 1. The summed E-state index contributed by atoms with van der Waals surface area (Å²) >= 11 is 0. The van der Waals surface area contributed by atoms with Crippen LogP contribution in [0.1, 0.15) is 22.4 Å².